The van der Waals surface area contributed by atoms with Gasteiger partial charge in [0.25, 0.3) is 5.91 Å². The summed E-state index contributed by atoms with van der Waals surface area (Å²) in [6.07, 6.45) is 0. The van der Waals surface area contributed by atoms with Crippen LogP contribution in [0.15, 0.2) is 60.7 Å². The van der Waals surface area contributed by atoms with Crippen molar-refractivity contribution in [3.8, 4) is 17.2 Å². The summed E-state index contributed by atoms with van der Waals surface area (Å²) in [5.74, 6) is 1.99. The first-order valence-corrected chi connectivity index (χ1v) is 8.68. The van der Waals surface area contributed by atoms with Crippen LogP contribution in [-0.2, 0) is 11.3 Å². The molecule has 0 N–H and O–H groups in total. The van der Waals surface area contributed by atoms with E-state index in [-0.39, 0.29) is 12.5 Å². The first kappa shape index (κ1) is 18.6. The van der Waals surface area contributed by atoms with E-state index >= 15 is 0 Å². The lowest BCUT2D eigenvalue weighted by Crippen LogP contribution is -2.31. The second kappa shape index (κ2) is 8.45. The molecule has 0 spiro atoms. The van der Waals surface area contributed by atoms with Crippen LogP contribution in [0.3, 0.4) is 0 Å². The molecule has 0 bridgehead atoms. The number of hydrogen-bond acceptors (Lipinski definition) is 4. The largest absolute Gasteiger partial charge is 0.497 e. The van der Waals surface area contributed by atoms with E-state index < -0.39 is 0 Å². The molecular weight excluding hydrogens is 342 g/mol. The highest BCUT2D eigenvalue weighted by Crippen LogP contribution is 2.26. The number of nitrogens with zero attached hydrogens (tertiary/aromatic N) is 1. The third kappa shape index (κ3) is 4.31. The quantitative estimate of drug-likeness (QED) is 0.637. The molecule has 5 heteroatoms. The van der Waals surface area contributed by atoms with Gasteiger partial charge in [0, 0.05) is 30.6 Å². The zero-order chi connectivity index (χ0) is 19.2. The van der Waals surface area contributed by atoms with Crippen LogP contribution in [0, 0.1) is 0 Å². The molecule has 0 atom stereocenters. The van der Waals surface area contributed by atoms with Gasteiger partial charge in [0.05, 0.1) is 14.2 Å². The molecule has 0 saturated carbocycles. The fraction of sp³-hybridized carbons (Fsp3) is 0.227. The van der Waals surface area contributed by atoms with Gasteiger partial charge in [-0.25, -0.2) is 0 Å². The molecule has 0 aliphatic heterocycles. The third-order valence-electron chi connectivity index (χ3n) is 4.43. The van der Waals surface area contributed by atoms with Crippen LogP contribution in [0.4, 0.5) is 0 Å². The fourth-order valence-corrected chi connectivity index (χ4v) is 2.90. The summed E-state index contributed by atoms with van der Waals surface area (Å²) >= 11 is 0. The smallest absolute Gasteiger partial charge is 0.260 e. The van der Waals surface area contributed by atoms with Gasteiger partial charge in [-0.05, 0) is 23.6 Å². The van der Waals surface area contributed by atoms with Crippen molar-refractivity contribution in [1.82, 2.24) is 4.90 Å². The maximum atomic E-state index is 12.5. The first-order valence-electron chi connectivity index (χ1n) is 8.68. The van der Waals surface area contributed by atoms with Crippen molar-refractivity contribution in [2.24, 2.45) is 0 Å². The Morgan fingerprint density at radius 2 is 1.70 bits per heavy atom. The highest BCUT2D eigenvalue weighted by molar-refractivity contribution is 5.88. The van der Waals surface area contributed by atoms with Crippen molar-refractivity contribution >= 4 is 16.7 Å². The molecule has 0 unspecified atom stereocenters. The molecule has 3 aromatic carbocycles. The van der Waals surface area contributed by atoms with E-state index in [9.17, 15) is 4.79 Å². The minimum atomic E-state index is -0.110. The Hall–Kier alpha value is -3.21. The summed E-state index contributed by atoms with van der Waals surface area (Å²) in [7, 11) is 4.96. The molecular formula is C22H23NO4. The van der Waals surface area contributed by atoms with Crippen LogP contribution >= 0.6 is 0 Å². The van der Waals surface area contributed by atoms with Crippen LogP contribution in [-0.4, -0.2) is 38.7 Å². The van der Waals surface area contributed by atoms with Crippen LogP contribution in [0.25, 0.3) is 10.8 Å². The number of ether oxygens (including phenoxy) is 3. The maximum Gasteiger partial charge on any atom is 0.260 e. The van der Waals surface area contributed by atoms with Crippen molar-refractivity contribution in [2.45, 2.75) is 6.54 Å². The first-order chi connectivity index (χ1) is 13.1. The SMILES string of the molecule is COc1ccc(CN(C)C(=O)COc2cccc3ccccc23)c(OC)c1. The van der Waals surface area contributed by atoms with Crippen LogP contribution in [0.2, 0.25) is 0 Å². The lowest BCUT2D eigenvalue weighted by Gasteiger charge is -2.19. The van der Waals surface area contributed by atoms with Gasteiger partial charge < -0.3 is 19.1 Å². The Bertz CT molecular complexity index is 933. The molecule has 140 valence electrons. The molecule has 0 radical (unpaired) electrons. The van der Waals surface area contributed by atoms with Gasteiger partial charge in [-0.15, -0.1) is 0 Å². The summed E-state index contributed by atoms with van der Waals surface area (Å²) in [5, 5.41) is 2.08. The summed E-state index contributed by atoms with van der Waals surface area (Å²) in [6.45, 7) is 0.397. The molecule has 0 saturated heterocycles. The van der Waals surface area contributed by atoms with Gasteiger partial charge in [-0.2, -0.15) is 0 Å². The van der Waals surface area contributed by atoms with E-state index in [1.54, 1.807) is 32.2 Å². The number of likely N-dealkylation sites (N-methyl/N-ethyl adjacent to an activating group) is 1. The van der Waals surface area contributed by atoms with Crippen molar-refractivity contribution in [3.63, 3.8) is 0 Å². The molecule has 0 aliphatic rings. The second-order valence-corrected chi connectivity index (χ2v) is 6.19. The lowest BCUT2D eigenvalue weighted by atomic mass is 10.1. The highest BCUT2D eigenvalue weighted by atomic mass is 16.5. The van der Waals surface area contributed by atoms with Crippen LogP contribution in [0.1, 0.15) is 5.56 Å². The summed E-state index contributed by atoms with van der Waals surface area (Å²) in [4.78, 5) is 14.1. The van der Waals surface area contributed by atoms with E-state index in [0.29, 0.717) is 23.8 Å². The Balaban J connectivity index is 1.66. The minimum absolute atomic E-state index is 0.0248. The Kier molecular flexibility index (Phi) is 5.81. The summed E-state index contributed by atoms with van der Waals surface area (Å²) in [6, 6.07) is 19.3. The number of carbonyl (C=O) groups is 1. The van der Waals surface area contributed by atoms with Crippen LogP contribution < -0.4 is 14.2 Å². The average Bonchev–Trinajstić information content (AvgIpc) is 2.72. The van der Waals surface area contributed by atoms with E-state index in [1.807, 2.05) is 54.6 Å². The molecule has 3 aromatic rings. The van der Waals surface area contributed by atoms with Gasteiger partial charge in [-0.1, -0.05) is 36.4 Å². The minimum Gasteiger partial charge on any atom is -0.497 e. The predicted octanol–water partition coefficient (Wildman–Crippen LogP) is 3.89. The van der Waals surface area contributed by atoms with Gasteiger partial charge in [-0.3, -0.25) is 4.79 Å². The van der Waals surface area contributed by atoms with Crippen molar-refractivity contribution < 1.29 is 19.0 Å². The number of methoxy groups -OCH3 is 2. The number of rotatable bonds is 7. The molecule has 1 amide bonds. The zero-order valence-corrected chi connectivity index (χ0v) is 15.8. The summed E-state index contributed by atoms with van der Waals surface area (Å²) in [5.41, 5.74) is 0.902. The topological polar surface area (TPSA) is 48.0 Å². The molecule has 5 nitrogen and oxygen atoms in total. The van der Waals surface area contributed by atoms with Gasteiger partial charge >= 0.3 is 0 Å². The number of amides is 1. The van der Waals surface area contributed by atoms with Gasteiger partial charge in [0.15, 0.2) is 6.61 Å². The summed E-state index contributed by atoms with van der Waals surface area (Å²) < 4.78 is 16.4. The predicted molar refractivity (Wildman–Crippen MR) is 105 cm³/mol. The van der Waals surface area contributed by atoms with E-state index in [2.05, 4.69) is 0 Å². The number of benzene rings is 3. The Morgan fingerprint density at radius 3 is 2.48 bits per heavy atom. The highest BCUT2D eigenvalue weighted by Gasteiger charge is 2.14. The van der Waals surface area contributed by atoms with Gasteiger partial charge in [0.2, 0.25) is 0 Å². The number of hydrogen-bond donors (Lipinski definition) is 0. The Labute approximate surface area is 159 Å². The Morgan fingerprint density at radius 1 is 0.926 bits per heavy atom. The molecule has 0 aromatic heterocycles. The van der Waals surface area contributed by atoms with E-state index in [0.717, 1.165) is 16.3 Å². The van der Waals surface area contributed by atoms with Crippen molar-refractivity contribution in [2.75, 3.05) is 27.9 Å². The number of carbonyl (C=O) groups excluding carboxylic acids is 1. The molecule has 0 heterocycles. The molecule has 0 aliphatic carbocycles. The van der Waals surface area contributed by atoms with E-state index in [1.165, 1.54) is 0 Å². The lowest BCUT2D eigenvalue weighted by molar-refractivity contribution is -0.132. The zero-order valence-electron chi connectivity index (χ0n) is 15.8. The maximum absolute atomic E-state index is 12.5. The third-order valence-corrected chi connectivity index (χ3v) is 4.43. The van der Waals surface area contributed by atoms with Gasteiger partial charge in [0.1, 0.15) is 17.2 Å². The molecule has 0 fully saturated rings. The van der Waals surface area contributed by atoms with Crippen molar-refractivity contribution in [1.29, 1.82) is 0 Å². The number of fused-ring (bicyclic) bond motifs is 1. The van der Waals surface area contributed by atoms with Crippen LogP contribution in [0.5, 0.6) is 17.2 Å². The monoisotopic (exact) mass is 365 g/mol. The molecule has 3 rings (SSSR count). The molecule has 27 heavy (non-hydrogen) atoms. The van der Waals surface area contributed by atoms with Crippen molar-refractivity contribution in [3.05, 3.63) is 66.2 Å². The normalized spacial score (nSPS) is 10.5. The standard InChI is InChI=1S/C22H23NO4/c1-23(14-17-11-12-18(25-2)13-21(17)26-3)22(24)15-27-20-10-6-8-16-7-4-5-9-19(16)20/h4-13H,14-15H2,1-3H3. The second-order valence-electron chi connectivity index (χ2n) is 6.19. The average molecular weight is 365 g/mol. The fourth-order valence-electron chi connectivity index (χ4n) is 2.90. The van der Waals surface area contributed by atoms with E-state index in [4.69, 9.17) is 14.2 Å².